The molecule has 1 aliphatic rings. The van der Waals surface area contributed by atoms with Crippen LogP contribution in [0, 0.1) is 0 Å². The van der Waals surface area contributed by atoms with Crippen molar-refractivity contribution in [1.82, 2.24) is 0 Å². The van der Waals surface area contributed by atoms with Crippen LogP contribution >= 0.6 is 12.2 Å². The third kappa shape index (κ3) is 1.67. The predicted octanol–water partition coefficient (Wildman–Crippen LogP) is 1.07. The molecular weight excluding hydrogens is 160 g/mol. The van der Waals surface area contributed by atoms with E-state index in [-0.39, 0.29) is 5.05 Å². The highest BCUT2D eigenvalue weighted by atomic mass is 32.1. The molecule has 0 aromatic rings. The van der Waals surface area contributed by atoms with Crippen LogP contribution in [0.25, 0.3) is 0 Å². The van der Waals surface area contributed by atoms with Gasteiger partial charge in [-0.1, -0.05) is 5.20 Å². The van der Waals surface area contributed by atoms with E-state index in [1.807, 2.05) is 0 Å². The highest BCUT2D eigenvalue weighted by Crippen LogP contribution is 2.22. The zero-order chi connectivity index (χ0) is 7.56. The second-order valence-corrected chi connectivity index (χ2v) is 4.36. The zero-order valence-corrected chi connectivity index (χ0v) is 9.00. The summed E-state index contributed by atoms with van der Waals surface area (Å²) in [6, 6.07) is 0. The molecule has 0 saturated heterocycles. The van der Waals surface area contributed by atoms with Crippen molar-refractivity contribution in [2.24, 2.45) is 0 Å². The van der Waals surface area contributed by atoms with E-state index < -0.39 is 0 Å². The first-order valence-corrected chi connectivity index (χ1v) is 5.04. The fraction of sp³-hybridized carbons (Fsp3) is 0.571. The van der Waals surface area contributed by atoms with E-state index in [1.165, 1.54) is 24.5 Å². The van der Waals surface area contributed by atoms with Gasteiger partial charge in [0, 0.05) is 10.2 Å². The first-order chi connectivity index (χ1) is 4.72. The first-order valence-electron chi connectivity index (χ1n) is 3.63. The van der Waals surface area contributed by atoms with Gasteiger partial charge in [0.15, 0.2) is 5.05 Å². The van der Waals surface area contributed by atoms with Gasteiger partial charge in [-0.05, 0) is 43.5 Å². The van der Waals surface area contributed by atoms with Crippen molar-refractivity contribution in [3.8, 4) is 0 Å². The fourth-order valence-corrected chi connectivity index (χ4v) is 2.64. The Morgan fingerprint density at radius 1 is 1.40 bits per heavy atom. The highest BCUT2D eigenvalue weighted by molar-refractivity contribution is 7.80. The van der Waals surface area contributed by atoms with Crippen LogP contribution in [0.3, 0.4) is 0 Å². The van der Waals surface area contributed by atoms with Crippen molar-refractivity contribution in [2.45, 2.75) is 25.7 Å². The van der Waals surface area contributed by atoms with Crippen LogP contribution in [-0.2, 0) is 0 Å². The minimum Gasteiger partial charge on any atom is -0.499 e. The van der Waals surface area contributed by atoms with Gasteiger partial charge in [-0.15, -0.1) is 0 Å². The molecule has 1 rings (SSSR count). The summed E-state index contributed by atoms with van der Waals surface area (Å²) in [5.41, 5.74) is 1.08. The van der Waals surface area contributed by atoms with Gasteiger partial charge in [0.05, 0.1) is 0 Å². The minimum atomic E-state index is 0.143. The van der Waals surface area contributed by atoms with Crippen molar-refractivity contribution in [2.75, 3.05) is 0 Å². The van der Waals surface area contributed by atoms with Crippen LogP contribution in [0.2, 0.25) is 0 Å². The van der Waals surface area contributed by atoms with Gasteiger partial charge >= 0.3 is 0 Å². The maximum Gasteiger partial charge on any atom is 0.183 e. The summed E-state index contributed by atoms with van der Waals surface area (Å²) in [6.45, 7) is 0. The summed E-state index contributed by atoms with van der Waals surface area (Å²) in [5.74, 6) is 0. The van der Waals surface area contributed by atoms with E-state index in [0.717, 1.165) is 22.2 Å². The molecule has 1 aliphatic carbocycles. The molecule has 0 spiro atoms. The second kappa shape index (κ2) is 3.30. The van der Waals surface area contributed by atoms with Crippen molar-refractivity contribution < 1.29 is 5.11 Å². The van der Waals surface area contributed by atoms with Crippen LogP contribution in [0.15, 0.2) is 10.8 Å². The lowest BCUT2D eigenvalue weighted by Crippen LogP contribution is -2.07. The van der Waals surface area contributed by atoms with Crippen LogP contribution in [0.4, 0.5) is 0 Å². The molecule has 0 atom stereocenters. The van der Waals surface area contributed by atoms with E-state index in [1.54, 1.807) is 0 Å². The number of hydrogen-bond acceptors (Lipinski definition) is 1. The largest absolute Gasteiger partial charge is 0.499 e. The number of hydrogen-bond donors (Lipinski definition) is 1. The third-order valence-corrected chi connectivity index (χ3v) is 3.35. The highest BCUT2D eigenvalue weighted by Gasteiger charge is 2.11. The Balaban J connectivity index is 2.78. The molecule has 1 N–H and O–H groups in total. The SMILES string of the molecule is OC(=S)C1=C([SiH3])CCCC1. The zero-order valence-electron chi connectivity index (χ0n) is 6.18. The molecule has 0 saturated carbocycles. The maximum absolute atomic E-state index is 9.04. The average Bonchev–Trinajstić information content (AvgIpc) is 1.88. The molecule has 10 heavy (non-hydrogen) atoms. The average molecular weight is 172 g/mol. The van der Waals surface area contributed by atoms with Gasteiger partial charge in [0.2, 0.25) is 0 Å². The quantitative estimate of drug-likeness (QED) is 0.471. The van der Waals surface area contributed by atoms with E-state index in [0.29, 0.717) is 0 Å². The molecule has 0 bridgehead atoms. The molecule has 0 unspecified atom stereocenters. The van der Waals surface area contributed by atoms with Crippen molar-refractivity contribution in [3.63, 3.8) is 0 Å². The lowest BCUT2D eigenvalue weighted by Gasteiger charge is -2.15. The van der Waals surface area contributed by atoms with Crippen LogP contribution in [0.1, 0.15) is 25.7 Å². The Labute approximate surface area is 69.6 Å². The molecule has 1 nitrogen and oxygen atoms in total. The van der Waals surface area contributed by atoms with Crippen LogP contribution in [0.5, 0.6) is 0 Å². The molecule has 0 fully saturated rings. The lowest BCUT2D eigenvalue weighted by atomic mass is 10.00. The van der Waals surface area contributed by atoms with Gasteiger partial charge < -0.3 is 5.11 Å². The Hall–Kier alpha value is -0.153. The molecule has 0 aromatic carbocycles. The van der Waals surface area contributed by atoms with Crippen molar-refractivity contribution in [3.05, 3.63) is 10.8 Å². The molecule has 3 heteroatoms. The minimum absolute atomic E-state index is 0.143. The van der Waals surface area contributed by atoms with Gasteiger partial charge in [-0.2, -0.15) is 0 Å². The number of rotatable bonds is 1. The maximum atomic E-state index is 9.04. The molecule has 0 aromatic heterocycles. The Bertz CT molecular complexity index is 186. The van der Waals surface area contributed by atoms with Crippen LogP contribution < -0.4 is 0 Å². The van der Waals surface area contributed by atoms with E-state index in [4.69, 9.17) is 17.3 Å². The van der Waals surface area contributed by atoms with Gasteiger partial charge in [-0.3, -0.25) is 0 Å². The van der Waals surface area contributed by atoms with Gasteiger partial charge in [0.1, 0.15) is 0 Å². The van der Waals surface area contributed by atoms with E-state index in [2.05, 4.69) is 0 Å². The lowest BCUT2D eigenvalue weighted by molar-refractivity contribution is 0.558. The summed E-state index contributed by atoms with van der Waals surface area (Å²) < 4.78 is 0. The van der Waals surface area contributed by atoms with Gasteiger partial charge in [-0.25, -0.2) is 0 Å². The summed E-state index contributed by atoms with van der Waals surface area (Å²) in [5, 5.41) is 10.6. The normalized spacial score (nSPS) is 19.6. The Morgan fingerprint density at radius 3 is 2.40 bits per heavy atom. The number of allylic oxidation sites excluding steroid dienone is 1. The standard InChI is InChI=1S/C7H12OSSi/c8-7(9)5-3-1-2-4-6(5)10/h1-4H2,10H3,(H,8,9). The van der Waals surface area contributed by atoms with Crippen molar-refractivity contribution >= 4 is 27.5 Å². The molecule has 0 heterocycles. The third-order valence-electron chi connectivity index (χ3n) is 2.00. The van der Waals surface area contributed by atoms with Crippen LogP contribution in [-0.4, -0.2) is 20.4 Å². The second-order valence-electron chi connectivity index (χ2n) is 2.77. The van der Waals surface area contributed by atoms with E-state index in [9.17, 15) is 0 Å². The Morgan fingerprint density at radius 2 is 2.00 bits per heavy atom. The predicted molar refractivity (Wildman–Crippen MR) is 50.7 cm³/mol. The molecule has 0 aliphatic heterocycles. The number of aliphatic hydroxyl groups is 1. The fourth-order valence-electron chi connectivity index (χ4n) is 1.35. The number of thiocarbonyl (C=S) groups is 1. The molecule has 0 amide bonds. The monoisotopic (exact) mass is 172 g/mol. The summed E-state index contributed by atoms with van der Waals surface area (Å²) in [7, 11) is 1.06. The summed E-state index contributed by atoms with van der Waals surface area (Å²) in [4.78, 5) is 0. The summed E-state index contributed by atoms with van der Waals surface area (Å²) >= 11 is 4.71. The summed E-state index contributed by atoms with van der Waals surface area (Å²) in [6.07, 6.45) is 4.66. The first kappa shape index (κ1) is 7.95. The Kier molecular flexibility index (Phi) is 2.62. The molecule has 56 valence electrons. The number of aliphatic hydroxyl groups excluding tert-OH is 1. The van der Waals surface area contributed by atoms with Gasteiger partial charge in [0.25, 0.3) is 0 Å². The molecule has 0 radical (unpaired) electrons. The van der Waals surface area contributed by atoms with E-state index >= 15 is 0 Å². The smallest absolute Gasteiger partial charge is 0.183 e. The van der Waals surface area contributed by atoms with Crippen molar-refractivity contribution in [1.29, 1.82) is 0 Å². The molecular formula is C7H12OSSi. The topological polar surface area (TPSA) is 20.2 Å².